The number of nitrogens with zero attached hydrogens (tertiary/aromatic N) is 1. The summed E-state index contributed by atoms with van der Waals surface area (Å²) in [6, 6.07) is 24.5. The van der Waals surface area contributed by atoms with Crippen LogP contribution in [0.1, 0.15) is 45.5 Å². The van der Waals surface area contributed by atoms with Gasteiger partial charge in [-0.05, 0) is 88.4 Å². The molecule has 3 unspecified atom stereocenters. The van der Waals surface area contributed by atoms with Gasteiger partial charge in [-0.25, -0.2) is 4.79 Å². The van der Waals surface area contributed by atoms with Gasteiger partial charge in [0.1, 0.15) is 7.11 Å². The van der Waals surface area contributed by atoms with E-state index in [1.54, 1.807) is 76.6 Å². The van der Waals surface area contributed by atoms with Crippen LogP contribution in [0.15, 0.2) is 101 Å². The van der Waals surface area contributed by atoms with E-state index in [1.165, 1.54) is 13.3 Å². The number of quaternary nitrogens is 1. The predicted octanol–water partition coefficient (Wildman–Crippen LogP) is 8.56. The molecule has 4 aromatic rings. The molecule has 3 atom stereocenters. The van der Waals surface area contributed by atoms with Crippen molar-refractivity contribution in [3.05, 3.63) is 118 Å². The number of carbonyl (C=O) groups is 1. The summed E-state index contributed by atoms with van der Waals surface area (Å²) < 4.78 is 36.3. The Labute approximate surface area is 311 Å². The molecule has 1 aliphatic heterocycles. The van der Waals surface area contributed by atoms with Crippen LogP contribution in [0.25, 0.3) is 0 Å². The number of hydroxylamine groups is 4. The number of benzene rings is 4. The second-order valence-corrected chi connectivity index (χ2v) is 13.6. The van der Waals surface area contributed by atoms with E-state index >= 15 is 0 Å². The zero-order valence-electron chi connectivity index (χ0n) is 29.3. The lowest BCUT2D eigenvalue weighted by atomic mass is 9.91. The molecule has 0 saturated carbocycles. The minimum atomic E-state index is -1.35. The smallest absolute Gasteiger partial charge is 0.415 e. The van der Waals surface area contributed by atoms with E-state index in [2.05, 4.69) is 28.1 Å². The third-order valence-electron chi connectivity index (χ3n) is 8.56. The molecule has 1 fully saturated rings. The van der Waals surface area contributed by atoms with Crippen molar-refractivity contribution in [2.24, 2.45) is 0 Å². The van der Waals surface area contributed by atoms with E-state index in [0.717, 1.165) is 26.1 Å². The summed E-state index contributed by atoms with van der Waals surface area (Å²) in [5.41, 5.74) is 3.06. The fourth-order valence-electron chi connectivity index (χ4n) is 5.92. The van der Waals surface area contributed by atoms with Crippen LogP contribution < -0.4 is 23.7 Å². The molecule has 10 nitrogen and oxygen atoms in total. The second kappa shape index (κ2) is 17.9. The highest BCUT2D eigenvalue weighted by molar-refractivity contribution is 9.10. The Morgan fingerprint density at radius 3 is 2.18 bits per heavy atom. The average molecular weight is 782 g/mol. The zero-order valence-corrected chi connectivity index (χ0v) is 31.7. The van der Waals surface area contributed by atoms with Gasteiger partial charge in [0.25, 0.3) is 0 Å². The molecule has 1 saturated heterocycles. The van der Waals surface area contributed by atoms with Gasteiger partial charge in [-0.2, -0.15) is 10.0 Å². The van der Waals surface area contributed by atoms with Gasteiger partial charge in [0.2, 0.25) is 5.75 Å². The number of allylic oxidation sites excluding steroid dienone is 1. The maximum Gasteiger partial charge on any atom is 0.415 e. The molecule has 1 heterocycles. The number of methoxy groups -OCH3 is 4. The van der Waals surface area contributed by atoms with Crippen molar-refractivity contribution < 1.29 is 48.1 Å². The third kappa shape index (κ3) is 9.07. The minimum Gasteiger partial charge on any atom is -0.493 e. The molecule has 4 aromatic carbocycles. The highest BCUT2D eigenvalue weighted by Crippen LogP contribution is 2.46. The highest BCUT2D eigenvalue weighted by Gasteiger charge is 2.36. The highest BCUT2D eigenvalue weighted by atomic mass is 79.9. The lowest BCUT2D eigenvalue weighted by Gasteiger charge is -2.20. The van der Waals surface area contributed by atoms with Crippen molar-refractivity contribution in [2.75, 3.05) is 54.5 Å². The van der Waals surface area contributed by atoms with Gasteiger partial charge >= 0.3 is 5.91 Å². The number of rotatable bonds is 16. The summed E-state index contributed by atoms with van der Waals surface area (Å²) in [6.45, 7) is 0.896. The minimum absolute atomic E-state index is 0.0390. The van der Waals surface area contributed by atoms with E-state index in [0.29, 0.717) is 66.1 Å². The first-order valence-electron chi connectivity index (χ1n) is 16.3. The predicted molar refractivity (Wildman–Crippen MR) is 198 cm³/mol. The molecule has 1 N–H and O–H groups in total. The second-order valence-electron chi connectivity index (χ2n) is 11.6. The van der Waals surface area contributed by atoms with E-state index in [1.807, 2.05) is 36.4 Å². The lowest BCUT2D eigenvalue weighted by molar-refractivity contribution is -1.15. The summed E-state index contributed by atoms with van der Waals surface area (Å²) >= 11 is 5.29. The summed E-state index contributed by atoms with van der Waals surface area (Å²) in [4.78, 5) is 18.2. The Morgan fingerprint density at radius 1 is 0.882 bits per heavy atom. The quantitative estimate of drug-likeness (QED) is 0.0391. The van der Waals surface area contributed by atoms with Crippen LogP contribution in [-0.2, 0) is 16.0 Å². The van der Waals surface area contributed by atoms with Crippen molar-refractivity contribution in [2.45, 2.75) is 29.8 Å². The normalized spacial score (nSPS) is 16.8. The fraction of sp³-hybridized carbons (Fsp3) is 0.308. The zero-order chi connectivity index (χ0) is 36.4. The van der Waals surface area contributed by atoms with Gasteiger partial charge in [-0.15, -0.1) is 11.8 Å². The van der Waals surface area contributed by atoms with Crippen LogP contribution in [0.3, 0.4) is 0 Å². The van der Waals surface area contributed by atoms with Gasteiger partial charge in [-0.1, -0.05) is 36.4 Å². The third-order valence-corrected chi connectivity index (χ3v) is 10.6. The van der Waals surface area contributed by atoms with Crippen LogP contribution in [0.4, 0.5) is 0 Å². The number of thioether (sulfide) groups is 1. The first kappa shape index (κ1) is 38.2. The van der Waals surface area contributed by atoms with Crippen LogP contribution in [0.2, 0.25) is 0 Å². The number of hydrogen-bond donors (Lipinski definition) is 1. The largest absolute Gasteiger partial charge is 0.493 e. The Hall–Kier alpha value is -4.04. The standard InChI is InChI=1S/C39H43BrNO9S/c1-44-33-21-28(30-24-32(50-25-30)29-22-34(45-2)38(47-4)35(23-29)46-3)20-27(37(33)49-18-19-51-36-16-10-9-15-31(36)40)14-11-17-41(43,48-5)39(42)26-12-7-6-8-13-26/h6-13,15-17,20-23,30,32,43H,14,18-19,24-25H2,1-5H3/q+1. The van der Waals surface area contributed by atoms with Gasteiger partial charge in [0.05, 0.1) is 53.3 Å². The maximum absolute atomic E-state index is 13.2. The fourth-order valence-corrected chi connectivity index (χ4v) is 7.32. The van der Waals surface area contributed by atoms with E-state index in [4.69, 9.17) is 33.3 Å². The molecule has 1 aliphatic rings. The Bertz CT molecular complexity index is 1800. The van der Waals surface area contributed by atoms with Gasteiger partial charge < -0.3 is 28.4 Å². The molecule has 0 bridgehead atoms. The molecule has 12 heteroatoms. The topological polar surface area (TPSA) is 102 Å². The first-order valence-corrected chi connectivity index (χ1v) is 18.1. The molecule has 270 valence electrons. The monoisotopic (exact) mass is 780 g/mol. The molecular formula is C39H43BrNO9S+. The average Bonchev–Trinajstić information content (AvgIpc) is 3.67. The van der Waals surface area contributed by atoms with Crippen molar-refractivity contribution >= 4 is 33.6 Å². The maximum atomic E-state index is 13.2. The Morgan fingerprint density at radius 2 is 1.53 bits per heavy atom. The Balaban J connectivity index is 1.41. The van der Waals surface area contributed by atoms with Crippen LogP contribution in [-0.4, -0.2) is 70.4 Å². The van der Waals surface area contributed by atoms with Crippen molar-refractivity contribution in [3.8, 4) is 28.7 Å². The van der Waals surface area contributed by atoms with Crippen LogP contribution in [0.5, 0.6) is 28.7 Å². The van der Waals surface area contributed by atoms with Crippen molar-refractivity contribution in [1.82, 2.24) is 0 Å². The number of amides is 1. The van der Waals surface area contributed by atoms with Crippen LogP contribution in [0, 0.1) is 0 Å². The van der Waals surface area contributed by atoms with Gasteiger partial charge in [0.15, 0.2) is 29.2 Å². The molecule has 0 radical (unpaired) electrons. The number of hydrogen-bond acceptors (Lipinski definition) is 10. The summed E-state index contributed by atoms with van der Waals surface area (Å²) in [6.07, 6.45) is 3.81. The van der Waals surface area contributed by atoms with E-state index in [-0.39, 0.29) is 12.0 Å². The van der Waals surface area contributed by atoms with Crippen molar-refractivity contribution in [1.29, 1.82) is 0 Å². The van der Waals surface area contributed by atoms with Gasteiger partial charge in [0, 0.05) is 31.4 Å². The van der Waals surface area contributed by atoms with E-state index in [9.17, 15) is 10.0 Å². The molecule has 0 aliphatic carbocycles. The Kier molecular flexibility index (Phi) is 13.4. The molecule has 0 spiro atoms. The SMILES string of the molecule is COc1cc(C2COC(c3cc(OC)c(OC)c(OC)c3)C2)cc(CC=C[N+](O)(OC)C(=O)c2ccccc2)c1OCCSc1ccccc1Br. The molecule has 1 amide bonds. The number of carbonyl (C=O) groups excluding carboxylic acids is 1. The lowest BCUT2D eigenvalue weighted by Crippen LogP contribution is -2.44. The molecule has 5 rings (SSSR count). The number of ether oxygens (including phenoxy) is 6. The summed E-state index contributed by atoms with van der Waals surface area (Å²) in [5, 5.41) is 11.1. The van der Waals surface area contributed by atoms with Gasteiger partial charge in [-0.3, -0.25) is 0 Å². The summed E-state index contributed by atoms with van der Waals surface area (Å²) in [7, 11) is 7.65. The molecule has 0 aromatic heterocycles. The van der Waals surface area contributed by atoms with Crippen LogP contribution >= 0.6 is 27.7 Å². The molecular weight excluding hydrogens is 738 g/mol. The van der Waals surface area contributed by atoms with E-state index < -0.39 is 10.7 Å². The van der Waals surface area contributed by atoms with Crippen molar-refractivity contribution in [3.63, 3.8) is 0 Å². The summed E-state index contributed by atoms with van der Waals surface area (Å²) in [5.74, 6) is 2.93. The number of halogens is 1. The first-order chi connectivity index (χ1) is 24.7. The molecule has 51 heavy (non-hydrogen) atoms.